The van der Waals surface area contributed by atoms with Crippen molar-refractivity contribution in [1.29, 1.82) is 0 Å². The van der Waals surface area contributed by atoms with E-state index in [-0.39, 0.29) is 12.1 Å². The van der Waals surface area contributed by atoms with E-state index in [0.717, 1.165) is 6.26 Å². The van der Waals surface area contributed by atoms with Gasteiger partial charge in [-0.05, 0) is 36.4 Å². The van der Waals surface area contributed by atoms with Crippen molar-refractivity contribution in [2.24, 2.45) is 0 Å². The van der Waals surface area contributed by atoms with Gasteiger partial charge in [-0.15, -0.1) is 0 Å². The highest BCUT2D eigenvalue weighted by Gasteiger charge is 2.14. The van der Waals surface area contributed by atoms with Crippen LogP contribution in [-0.2, 0) is 14.8 Å². The van der Waals surface area contributed by atoms with E-state index in [1.165, 1.54) is 30.5 Å². The van der Waals surface area contributed by atoms with Crippen LogP contribution in [0, 0.1) is 0 Å². The molecule has 2 amide bonds. The summed E-state index contributed by atoms with van der Waals surface area (Å²) in [4.78, 5) is 39.6. The number of pyridine rings is 1. The average Bonchev–Trinajstić information content (AvgIpc) is 2.67. The van der Waals surface area contributed by atoms with Crippen LogP contribution in [0.1, 0.15) is 10.4 Å². The number of benzene rings is 2. The molecule has 150 valence electrons. The summed E-state index contributed by atoms with van der Waals surface area (Å²) in [5, 5.41) is 5.35. The number of rotatable bonds is 6. The Hall–Kier alpha value is -3.66. The van der Waals surface area contributed by atoms with E-state index in [9.17, 15) is 22.8 Å². The number of para-hydroxylation sites is 1. The maximum absolute atomic E-state index is 12.4. The molecule has 0 fully saturated rings. The lowest BCUT2D eigenvalue weighted by Crippen LogP contribution is -2.35. The van der Waals surface area contributed by atoms with Crippen molar-refractivity contribution in [1.82, 2.24) is 10.3 Å². The maximum atomic E-state index is 12.4. The first kappa shape index (κ1) is 20.1. The van der Waals surface area contributed by atoms with Gasteiger partial charge >= 0.3 is 0 Å². The summed E-state index contributed by atoms with van der Waals surface area (Å²) in [7, 11) is -3.39. The monoisotopic (exact) mass is 414 g/mol. The molecule has 0 aliphatic rings. The minimum Gasteiger partial charge on any atom is -0.360 e. The Kier molecular flexibility index (Phi) is 5.64. The number of hydrogen-bond donors (Lipinski definition) is 4. The average molecular weight is 414 g/mol. The van der Waals surface area contributed by atoms with Crippen molar-refractivity contribution in [3.63, 3.8) is 0 Å². The topological polar surface area (TPSA) is 137 Å². The van der Waals surface area contributed by atoms with Crippen LogP contribution in [0.25, 0.3) is 10.9 Å². The van der Waals surface area contributed by atoms with Gasteiger partial charge in [0.2, 0.25) is 21.4 Å². The summed E-state index contributed by atoms with van der Waals surface area (Å²) < 4.78 is 24.7. The summed E-state index contributed by atoms with van der Waals surface area (Å²) in [6.45, 7) is -0.339. The molecule has 0 aliphatic carbocycles. The van der Waals surface area contributed by atoms with Gasteiger partial charge in [-0.25, -0.2) is 8.42 Å². The standard InChI is InChI=1S/C19H18N4O5S/c1-29(27,28)23-13-8-6-12(7-9-13)22-17(24)11-21-19(26)15-10-20-16-5-3-2-4-14(16)18(15)25/h2-10,23H,11H2,1H3,(H,20,25)(H,21,26)(H,22,24). The van der Waals surface area contributed by atoms with E-state index in [4.69, 9.17) is 0 Å². The van der Waals surface area contributed by atoms with Gasteiger partial charge in [0.05, 0.1) is 12.8 Å². The third-order valence-corrected chi connectivity index (χ3v) is 4.52. The van der Waals surface area contributed by atoms with Gasteiger partial charge in [-0.1, -0.05) is 12.1 Å². The fraction of sp³-hybridized carbons (Fsp3) is 0.105. The summed E-state index contributed by atoms with van der Waals surface area (Å²) in [6, 6.07) is 12.8. The zero-order chi connectivity index (χ0) is 21.0. The molecule has 10 heteroatoms. The molecular formula is C19H18N4O5S. The Morgan fingerprint density at radius 3 is 2.34 bits per heavy atom. The number of H-pyrrole nitrogens is 1. The number of aromatic nitrogens is 1. The van der Waals surface area contributed by atoms with Gasteiger partial charge in [0.25, 0.3) is 5.91 Å². The van der Waals surface area contributed by atoms with Crippen LogP contribution in [-0.4, -0.2) is 38.0 Å². The lowest BCUT2D eigenvalue weighted by Gasteiger charge is -2.09. The number of sulfonamides is 1. The molecule has 9 nitrogen and oxygen atoms in total. The Balaban J connectivity index is 1.60. The molecule has 4 N–H and O–H groups in total. The van der Waals surface area contributed by atoms with E-state index in [2.05, 4.69) is 20.3 Å². The fourth-order valence-electron chi connectivity index (χ4n) is 2.63. The second-order valence-corrected chi connectivity index (χ2v) is 8.01. The second kappa shape index (κ2) is 8.15. The maximum Gasteiger partial charge on any atom is 0.257 e. The van der Waals surface area contributed by atoms with E-state index >= 15 is 0 Å². The van der Waals surface area contributed by atoms with Crippen LogP contribution in [0.15, 0.2) is 59.5 Å². The lowest BCUT2D eigenvalue weighted by molar-refractivity contribution is -0.115. The summed E-state index contributed by atoms with van der Waals surface area (Å²) in [5.41, 5.74) is 0.876. The predicted octanol–water partition coefficient (Wildman–Crippen LogP) is 1.27. The summed E-state index contributed by atoms with van der Waals surface area (Å²) in [6.07, 6.45) is 2.34. The van der Waals surface area contributed by atoms with E-state index < -0.39 is 27.3 Å². The van der Waals surface area contributed by atoms with Crippen molar-refractivity contribution in [2.75, 3.05) is 22.8 Å². The van der Waals surface area contributed by atoms with Crippen LogP contribution in [0.4, 0.5) is 11.4 Å². The molecule has 29 heavy (non-hydrogen) atoms. The van der Waals surface area contributed by atoms with Crippen molar-refractivity contribution < 1.29 is 18.0 Å². The van der Waals surface area contributed by atoms with Crippen LogP contribution in [0.3, 0.4) is 0 Å². The van der Waals surface area contributed by atoms with Gasteiger partial charge < -0.3 is 15.6 Å². The fourth-order valence-corrected chi connectivity index (χ4v) is 3.20. The zero-order valence-electron chi connectivity index (χ0n) is 15.4. The van der Waals surface area contributed by atoms with Crippen molar-refractivity contribution in [3.8, 4) is 0 Å². The molecular weight excluding hydrogens is 396 g/mol. The Labute approximate surface area is 166 Å². The third kappa shape index (κ3) is 5.20. The summed E-state index contributed by atoms with van der Waals surface area (Å²) in [5.74, 6) is -1.17. The van der Waals surface area contributed by atoms with Crippen molar-refractivity contribution >= 4 is 44.1 Å². The number of aromatic amines is 1. The molecule has 3 aromatic rings. The Morgan fingerprint density at radius 1 is 1.00 bits per heavy atom. The van der Waals surface area contributed by atoms with Gasteiger partial charge in [0, 0.05) is 28.5 Å². The zero-order valence-corrected chi connectivity index (χ0v) is 16.2. The van der Waals surface area contributed by atoms with Crippen LogP contribution < -0.4 is 20.8 Å². The SMILES string of the molecule is CS(=O)(=O)Nc1ccc(NC(=O)CNC(=O)c2c[nH]c3ccccc3c2=O)cc1. The number of hydrogen-bond acceptors (Lipinski definition) is 5. The van der Waals surface area contributed by atoms with Crippen molar-refractivity contribution in [3.05, 3.63) is 70.5 Å². The quantitative estimate of drug-likeness (QED) is 0.481. The first-order valence-corrected chi connectivity index (χ1v) is 10.4. The van der Waals surface area contributed by atoms with E-state index in [0.29, 0.717) is 22.3 Å². The Morgan fingerprint density at radius 2 is 1.66 bits per heavy atom. The molecule has 0 saturated carbocycles. The van der Waals surface area contributed by atoms with Gasteiger partial charge in [-0.2, -0.15) is 0 Å². The van der Waals surface area contributed by atoms with Crippen LogP contribution >= 0.6 is 0 Å². The highest BCUT2D eigenvalue weighted by molar-refractivity contribution is 7.92. The van der Waals surface area contributed by atoms with E-state index in [1.807, 2.05) is 0 Å². The number of anilines is 2. The number of fused-ring (bicyclic) bond motifs is 1. The minimum atomic E-state index is -3.39. The molecule has 3 rings (SSSR count). The number of nitrogens with one attached hydrogen (secondary N) is 4. The molecule has 0 atom stereocenters. The molecule has 1 aromatic heterocycles. The van der Waals surface area contributed by atoms with Gasteiger partial charge in [-0.3, -0.25) is 19.1 Å². The molecule has 0 spiro atoms. The molecule has 0 radical (unpaired) electrons. The van der Waals surface area contributed by atoms with E-state index in [1.54, 1.807) is 24.3 Å². The largest absolute Gasteiger partial charge is 0.360 e. The first-order valence-electron chi connectivity index (χ1n) is 8.49. The molecule has 2 aromatic carbocycles. The van der Waals surface area contributed by atoms with Crippen LogP contribution in [0.5, 0.6) is 0 Å². The van der Waals surface area contributed by atoms with Gasteiger partial charge in [0.15, 0.2) is 0 Å². The third-order valence-electron chi connectivity index (χ3n) is 3.91. The highest BCUT2D eigenvalue weighted by Crippen LogP contribution is 2.14. The van der Waals surface area contributed by atoms with Crippen LogP contribution in [0.2, 0.25) is 0 Å². The second-order valence-electron chi connectivity index (χ2n) is 6.26. The molecule has 0 aliphatic heterocycles. The molecule has 0 bridgehead atoms. The molecule has 0 unspecified atom stereocenters. The number of amides is 2. The number of carbonyl (C=O) groups excluding carboxylic acids is 2. The van der Waals surface area contributed by atoms with Crippen molar-refractivity contribution in [2.45, 2.75) is 0 Å². The normalized spacial score (nSPS) is 11.1. The smallest absolute Gasteiger partial charge is 0.257 e. The first-order chi connectivity index (χ1) is 13.7. The molecule has 1 heterocycles. The lowest BCUT2D eigenvalue weighted by atomic mass is 10.1. The summed E-state index contributed by atoms with van der Waals surface area (Å²) >= 11 is 0. The van der Waals surface area contributed by atoms with Gasteiger partial charge in [0.1, 0.15) is 5.56 Å². The Bertz CT molecular complexity index is 1230. The number of carbonyl (C=O) groups is 2. The predicted molar refractivity (Wildman–Crippen MR) is 110 cm³/mol. The minimum absolute atomic E-state index is 0.0901. The molecule has 0 saturated heterocycles. The highest BCUT2D eigenvalue weighted by atomic mass is 32.2.